The van der Waals surface area contributed by atoms with Crippen molar-refractivity contribution in [2.24, 2.45) is 0 Å². The monoisotopic (exact) mass is 366 g/mol. The maximum absolute atomic E-state index is 13.0. The smallest absolute Gasteiger partial charge is 0.255 e. The highest BCUT2D eigenvalue weighted by molar-refractivity contribution is 6.01. The van der Waals surface area contributed by atoms with E-state index in [0.29, 0.717) is 25.3 Å². The minimum absolute atomic E-state index is 0.0993. The van der Waals surface area contributed by atoms with Gasteiger partial charge in [-0.25, -0.2) is 0 Å². The maximum atomic E-state index is 13.0. The first-order valence-corrected chi connectivity index (χ1v) is 9.41. The van der Waals surface area contributed by atoms with E-state index >= 15 is 0 Å². The number of ether oxygens (including phenoxy) is 1. The van der Waals surface area contributed by atoms with Crippen molar-refractivity contribution in [2.45, 2.75) is 39.0 Å². The Bertz CT molecular complexity index is 789. The Morgan fingerprint density at radius 2 is 1.81 bits per heavy atom. The average Bonchev–Trinajstić information content (AvgIpc) is 2.99. The molecule has 5 heteroatoms. The van der Waals surface area contributed by atoms with Crippen molar-refractivity contribution in [1.82, 2.24) is 10.2 Å². The van der Waals surface area contributed by atoms with Gasteiger partial charge in [0.2, 0.25) is 5.91 Å². The van der Waals surface area contributed by atoms with E-state index in [4.69, 9.17) is 4.74 Å². The number of carbonyl (C=O) groups is 2. The summed E-state index contributed by atoms with van der Waals surface area (Å²) >= 11 is 0. The molecular formula is C22H26N2O3. The molecule has 1 N–H and O–H groups in total. The summed E-state index contributed by atoms with van der Waals surface area (Å²) in [4.78, 5) is 27.5. The molecule has 1 atom stereocenters. The highest BCUT2D eigenvalue weighted by Crippen LogP contribution is 2.31. The van der Waals surface area contributed by atoms with Crippen LogP contribution in [0.1, 0.15) is 47.8 Å². The van der Waals surface area contributed by atoms with Gasteiger partial charge >= 0.3 is 0 Å². The van der Waals surface area contributed by atoms with Crippen LogP contribution in [-0.2, 0) is 16.1 Å². The van der Waals surface area contributed by atoms with Crippen LogP contribution in [0.25, 0.3) is 0 Å². The van der Waals surface area contributed by atoms with Gasteiger partial charge in [-0.3, -0.25) is 9.59 Å². The molecule has 142 valence electrons. The summed E-state index contributed by atoms with van der Waals surface area (Å²) < 4.78 is 5.51. The summed E-state index contributed by atoms with van der Waals surface area (Å²) in [5.74, 6) is -0.260. The molecule has 0 saturated carbocycles. The fraction of sp³-hybridized carbons (Fsp3) is 0.364. The summed E-state index contributed by atoms with van der Waals surface area (Å²) in [7, 11) is 0. The SMILES string of the molecule is CC(C)OCCCNC(=O)[C@@H](c1ccccc1)N1Cc2ccccc2C1=O. The fourth-order valence-corrected chi connectivity index (χ4v) is 3.29. The zero-order chi connectivity index (χ0) is 19.2. The Morgan fingerprint density at radius 1 is 1.11 bits per heavy atom. The van der Waals surface area contributed by atoms with E-state index in [0.717, 1.165) is 17.5 Å². The van der Waals surface area contributed by atoms with Crippen LogP contribution in [0, 0.1) is 0 Å². The van der Waals surface area contributed by atoms with Crippen molar-refractivity contribution < 1.29 is 14.3 Å². The third kappa shape index (κ3) is 4.55. The van der Waals surface area contributed by atoms with Crippen LogP contribution in [0.15, 0.2) is 54.6 Å². The molecule has 0 saturated heterocycles. The predicted octanol–water partition coefficient (Wildman–Crippen LogP) is 3.32. The Kier molecular flexibility index (Phi) is 6.24. The molecule has 2 aromatic rings. The van der Waals surface area contributed by atoms with E-state index in [1.807, 2.05) is 68.4 Å². The summed E-state index contributed by atoms with van der Waals surface area (Å²) in [6.07, 6.45) is 0.915. The molecule has 0 radical (unpaired) electrons. The summed E-state index contributed by atoms with van der Waals surface area (Å²) in [5.41, 5.74) is 2.45. The summed E-state index contributed by atoms with van der Waals surface area (Å²) in [5, 5.41) is 2.97. The number of hydrogen-bond donors (Lipinski definition) is 1. The second-order valence-corrected chi connectivity index (χ2v) is 6.97. The van der Waals surface area contributed by atoms with Crippen molar-refractivity contribution >= 4 is 11.8 Å². The Morgan fingerprint density at radius 3 is 2.52 bits per heavy atom. The number of benzene rings is 2. The maximum Gasteiger partial charge on any atom is 0.255 e. The number of nitrogens with one attached hydrogen (secondary N) is 1. The topological polar surface area (TPSA) is 58.6 Å². The van der Waals surface area contributed by atoms with Crippen LogP contribution >= 0.6 is 0 Å². The van der Waals surface area contributed by atoms with Crippen LogP contribution in [0.4, 0.5) is 0 Å². The molecular weight excluding hydrogens is 340 g/mol. The van der Waals surface area contributed by atoms with Gasteiger partial charge in [0.25, 0.3) is 5.91 Å². The Balaban J connectivity index is 1.73. The number of fused-ring (bicyclic) bond motifs is 1. The Hall–Kier alpha value is -2.66. The zero-order valence-electron chi connectivity index (χ0n) is 15.9. The van der Waals surface area contributed by atoms with Crippen molar-refractivity contribution in [1.29, 1.82) is 0 Å². The third-order valence-electron chi connectivity index (χ3n) is 4.60. The quantitative estimate of drug-likeness (QED) is 0.729. The average molecular weight is 366 g/mol. The molecule has 2 aromatic carbocycles. The Labute approximate surface area is 160 Å². The summed E-state index contributed by atoms with van der Waals surface area (Å²) in [6, 6.07) is 16.4. The lowest BCUT2D eigenvalue weighted by atomic mass is 10.0. The normalized spacial score (nSPS) is 14.3. The molecule has 0 fully saturated rings. The lowest BCUT2D eigenvalue weighted by Crippen LogP contribution is -2.41. The van der Waals surface area contributed by atoms with Gasteiger partial charge in [-0.1, -0.05) is 48.5 Å². The van der Waals surface area contributed by atoms with Gasteiger partial charge in [0.15, 0.2) is 0 Å². The number of amides is 2. The highest BCUT2D eigenvalue weighted by atomic mass is 16.5. The van der Waals surface area contributed by atoms with E-state index in [2.05, 4.69) is 5.32 Å². The van der Waals surface area contributed by atoms with Crippen molar-refractivity contribution in [3.63, 3.8) is 0 Å². The molecule has 1 aliphatic rings. The molecule has 0 aliphatic carbocycles. The number of hydrogen-bond acceptors (Lipinski definition) is 3. The molecule has 27 heavy (non-hydrogen) atoms. The minimum Gasteiger partial charge on any atom is -0.379 e. The lowest BCUT2D eigenvalue weighted by Gasteiger charge is -2.27. The van der Waals surface area contributed by atoms with Crippen molar-refractivity contribution in [3.8, 4) is 0 Å². The number of nitrogens with zero attached hydrogens (tertiary/aromatic N) is 1. The molecule has 0 bridgehead atoms. The van der Waals surface area contributed by atoms with Gasteiger partial charge in [-0.15, -0.1) is 0 Å². The first kappa shape index (κ1) is 19.1. The molecule has 0 spiro atoms. The van der Waals surface area contributed by atoms with Gasteiger partial charge in [0.1, 0.15) is 6.04 Å². The molecule has 1 heterocycles. The minimum atomic E-state index is -0.642. The first-order chi connectivity index (χ1) is 13.1. The van der Waals surface area contributed by atoms with E-state index in [1.54, 1.807) is 4.90 Å². The number of carbonyl (C=O) groups excluding carboxylic acids is 2. The van der Waals surface area contributed by atoms with E-state index in [-0.39, 0.29) is 17.9 Å². The van der Waals surface area contributed by atoms with Crippen LogP contribution in [0.3, 0.4) is 0 Å². The summed E-state index contributed by atoms with van der Waals surface area (Å²) in [6.45, 7) is 5.53. The fourth-order valence-electron chi connectivity index (χ4n) is 3.29. The van der Waals surface area contributed by atoms with Crippen LogP contribution in [-0.4, -0.2) is 36.0 Å². The zero-order valence-corrected chi connectivity index (χ0v) is 15.9. The van der Waals surface area contributed by atoms with Crippen LogP contribution < -0.4 is 5.32 Å². The first-order valence-electron chi connectivity index (χ1n) is 9.41. The van der Waals surface area contributed by atoms with E-state index in [1.165, 1.54) is 0 Å². The number of rotatable bonds is 8. The lowest BCUT2D eigenvalue weighted by molar-refractivity contribution is -0.126. The third-order valence-corrected chi connectivity index (χ3v) is 4.60. The van der Waals surface area contributed by atoms with Crippen LogP contribution in [0.2, 0.25) is 0 Å². The van der Waals surface area contributed by atoms with Gasteiger partial charge in [0, 0.05) is 25.3 Å². The van der Waals surface area contributed by atoms with Gasteiger partial charge in [-0.05, 0) is 37.5 Å². The van der Waals surface area contributed by atoms with E-state index in [9.17, 15) is 9.59 Å². The molecule has 3 rings (SSSR count). The van der Waals surface area contributed by atoms with Gasteiger partial charge in [-0.2, -0.15) is 0 Å². The highest BCUT2D eigenvalue weighted by Gasteiger charge is 2.36. The molecule has 5 nitrogen and oxygen atoms in total. The van der Waals surface area contributed by atoms with Crippen molar-refractivity contribution in [3.05, 3.63) is 71.3 Å². The second-order valence-electron chi connectivity index (χ2n) is 6.97. The largest absolute Gasteiger partial charge is 0.379 e. The molecule has 0 aromatic heterocycles. The standard InChI is InChI=1S/C22H26N2O3/c1-16(2)27-14-8-13-23-21(25)20(17-9-4-3-5-10-17)24-15-18-11-6-7-12-19(18)22(24)26/h3-7,9-12,16,20H,8,13-15H2,1-2H3,(H,23,25)/t20-/m1/s1. The molecule has 2 amide bonds. The van der Waals surface area contributed by atoms with Crippen molar-refractivity contribution in [2.75, 3.05) is 13.2 Å². The van der Waals surface area contributed by atoms with E-state index < -0.39 is 6.04 Å². The molecule has 0 unspecified atom stereocenters. The van der Waals surface area contributed by atoms with Crippen LogP contribution in [0.5, 0.6) is 0 Å². The van der Waals surface area contributed by atoms with Gasteiger partial charge in [0.05, 0.1) is 6.10 Å². The van der Waals surface area contributed by atoms with Gasteiger partial charge < -0.3 is 15.0 Å². The molecule has 1 aliphatic heterocycles. The predicted molar refractivity (Wildman–Crippen MR) is 104 cm³/mol. The second kappa shape index (κ2) is 8.82.